The van der Waals surface area contributed by atoms with Gasteiger partial charge >= 0.3 is 5.97 Å². The molecule has 1 aromatic heterocycles. The van der Waals surface area contributed by atoms with Crippen LogP contribution < -0.4 is 4.90 Å². The molecule has 0 bridgehead atoms. The van der Waals surface area contributed by atoms with E-state index in [0.29, 0.717) is 5.69 Å². The molecule has 18 heavy (non-hydrogen) atoms. The van der Waals surface area contributed by atoms with Crippen molar-refractivity contribution < 1.29 is 9.90 Å². The number of carboxylic acids is 1. The third-order valence-electron chi connectivity index (χ3n) is 2.52. The zero-order valence-electron chi connectivity index (χ0n) is 10.2. The van der Waals surface area contributed by atoms with Crippen molar-refractivity contribution in [2.75, 3.05) is 19.0 Å². The molecule has 1 N–H and O–H groups in total. The molecule has 2 rings (SSSR count). The Morgan fingerprint density at radius 3 is 2.56 bits per heavy atom. The van der Waals surface area contributed by atoms with Crippen molar-refractivity contribution in [1.29, 1.82) is 0 Å². The second kappa shape index (κ2) is 4.87. The van der Waals surface area contributed by atoms with Gasteiger partial charge in [0.05, 0.1) is 6.20 Å². The monoisotopic (exact) mass is 246 g/mol. The Bertz CT molecular complexity index is 545. The summed E-state index contributed by atoms with van der Waals surface area (Å²) in [6.45, 7) is -0.178. The molecular formula is C12H14N4O2. The first-order chi connectivity index (χ1) is 8.56. The Morgan fingerprint density at radius 1 is 1.33 bits per heavy atom. The number of nitrogens with zero attached hydrogens (tertiary/aromatic N) is 4. The van der Waals surface area contributed by atoms with Crippen LogP contribution in [0.2, 0.25) is 0 Å². The molecule has 0 spiro atoms. The van der Waals surface area contributed by atoms with Gasteiger partial charge in [-0.05, 0) is 12.1 Å². The molecule has 0 fully saturated rings. The van der Waals surface area contributed by atoms with E-state index in [1.54, 1.807) is 6.20 Å². The number of hydrogen-bond donors (Lipinski definition) is 1. The Kier molecular flexibility index (Phi) is 3.27. The van der Waals surface area contributed by atoms with Crippen LogP contribution in [-0.4, -0.2) is 40.2 Å². The highest BCUT2D eigenvalue weighted by Gasteiger charge is 2.06. The highest BCUT2D eigenvalue weighted by molar-refractivity contribution is 5.67. The summed E-state index contributed by atoms with van der Waals surface area (Å²) in [4.78, 5) is 12.5. The molecule has 0 unspecified atom stereocenters. The third kappa shape index (κ3) is 2.65. The van der Waals surface area contributed by atoms with E-state index in [2.05, 4.69) is 10.3 Å². The number of anilines is 1. The van der Waals surface area contributed by atoms with Gasteiger partial charge in [0.1, 0.15) is 12.2 Å². The summed E-state index contributed by atoms with van der Waals surface area (Å²) in [5.74, 6) is -0.936. The molecule has 2 aromatic rings. The van der Waals surface area contributed by atoms with Crippen molar-refractivity contribution in [3.05, 3.63) is 30.5 Å². The van der Waals surface area contributed by atoms with E-state index >= 15 is 0 Å². The van der Waals surface area contributed by atoms with E-state index in [0.717, 1.165) is 11.3 Å². The van der Waals surface area contributed by atoms with E-state index in [4.69, 9.17) is 5.11 Å². The summed E-state index contributed by atoms with van der Waals surface area (Å²) < 4.78 is 1.30. The SMILES string of the molecule is CN(C)c1ccc(-c2cn(CC(=O)O)nn2)cc1. The van der Waals surface area contributed by atoms with Gasteiger partial charge in [0.2, 0.25) is 0 Å². The number of carbonyl (C=O) groups is 1. The van der Waals surface area contributed by atoms with E-state index in [-0.39, 0.29) is 6.54 Å². The highest BCUT2D eigenvalue weighted by atomic mass is 16.4. The molecule has 0 aliphatic rings. The lowest BCUT2D eigenvalue weighted by Gasteiger charge is -2.11. The zero-order chi connectivity index (χ0) is 13.1. The lowest BCUT2D eigenvalue weighted by molar-refractivity contribution is -0.137. The normalized spacial score (nSPS) is 10.3. The van der Waals surface area contributed by atoms with Crippen LogP contribution in [0.1, 0.15) is 0 Å². The highest BCUT2D eigenvalue weighted by Crippen LogP contribution is 2.20. The first-order valence-corrected chi connectivity index (χ1v) is 5.46. The van der Waals surface area contributed by atoms with Gasteiger partial charge < -0.3 is 10.0 Å². The molecule has 0 aliphatic carbocycles. The predicted octanol–water partition coefficient (Wildman–Crippen LogP) is 1.10. The molecule has 1 heterocycles. The number of benzene rings is 1. The van der Waals surface area contributed by atoms with E-state index < -0.39 is 5.97 Å². The number of aromatic nitrogens is 3. The molecule has 6 nitrogen and oxygen atoms in total. The number of rotatable bonds is 4. The summed E-state index contributed by atoms with van der Waals surface area (Å²) in [5, 5.41) is 16.4. The number of carboxylic acid groups (broad SMARTS) is 1. The molecule has 0 amide bonds. The fraction of sp³-hybridized carbons (Fsp3) is 0.250. The molecule has 94 valence electrons. The van der Waals surface area contributed by atoms with Crippen molar-refractivity contribution >= 4 is 11.7 Å². The van der Waals surface area contributed by atoms with E-state index in [9.17, 15) is 4.79 Å². The molecule has 0 saturated heterocycles. The Balaban J connectivity index is 2.20. The Morgan fingerprint density at radius 2 is 2.00 bits per heavy atom. The minimum atomic E-state index is -0.936. The van der Waals surface area contributed by atoms with Gasteiger partial charge in [-0.15, -0.1) is 5.10 Å². The van der Waals surface area contributed by atoms with E-state index in [1.165, 1.54) is 4.68 Å². The molecule has 0 radical (unpaired) electrons. The van der Waals surface area contributed by atoms with E-state index in [1.807, 2.05) is 43.3 Å². The van der Waals surface area contributed by atoms with Gasteiger partial charge in [-0.3, -0.25) is 4.79 Å². The molecule has 0 saturated carbocycles. The molecule has 6 heteroatoms. The minimum absolute atomic E-state index is 0.178. The van der Waals surface area contributed by atoms with Gasteiger partial charge in [-0.1, -0.05) is 17.3 Å². The molecule has 1 aromatic carbocycles. The average Bonchev–Trinajstić information content (AvgIpc) is 2.76. The smallest absolute Gasteiger partial charge is 0.325 e. The second-order valence-electron chi connectivity index (χ2n) is 4.14. The maximum Gasteiger partial charge on any atom is 0.325 e. The average molecular weight is 246 g/mol. The number of hydrogen-bond acceptors (Lipinski definition) is 4. The lowest BCUT2D eigenvalue weighted by Crippen LogP contribution is -2.08. The van der Waals surface area contributed by atoms with Crippen LogP contribution in [0.5, 0.6) is 0 Å². The maximum atomic E-state index is 10.5. The van der Waals surface area contributed by atoms with Crippen LogP contribution >= 0.6 is 0 Å². The summed E-state index contributed by atoms with van der Waals surface area (Å²) in [6.07, 6.45) is 1.62. The quantitative estimate of drug-likeness (QED) is 0.874. The standard InChI is InChI=1S/C12H14N4O2/c1-15(2)10-5-3-9(4-6-10)11-7-16(14-13-11)8-12(17)18/h3-7H,8H2,1-2H3,(H,17,18). The Labute approximate surface area is 104 Å². The van der Waals surface area contributed by atoms with Gasteiger partial charge in [0.15, 0.2) is 0 Å². The summed E-state index contributed by atoms with van der Waals surface area (Å²) in [6, 6.07) is 7.83. The van der Waals surface area contributed by atoms with Crippen molar-refractivity contribution in [3.63, 3.8) is 0 Å². The van der Waals surface area contributed by atoms with Crippen LogP contribution in [-0.2, 0) is 11.3 Å². The molecule has 0 atom stereocenters. The lowest BCUT2D eigenvalue weighted by atomic mass is 10.1. The minimum Gasteiger partial charge on any atom is -0.480 e. The van der Waals surface area contributed by atoms with Crippen LogP contribution in [0.25, 0.3) is 11.3 Å². The van der Waals surface area contributed by atoms with Crippen LogP contribution in [0.3, 0.4) is 0 Å². The van der Waals surface area contributed by atoms with Crippen molar-refractivity contribution in [2.24, 2.45) is 0 Å². The summed E-state index contributed by atoms with van der Waals surface area (Å²) in [5.41, 5.74) is 2.68. The maximum absolute atomic E-state index is 10.5. The Hall–Kier alpha value is -2.37. The van der Waals surface area contributed by atoms with Gasteiger partial charge in [-0.25, -0.2) is 4.68 Å². The van der Waals surface area contributed by atoms with Crippen LogP contribution in [0, 0.1) is 0 Å². The van der Waals surface area contributed by atoms with Gasteiger partial charge in [0, 0.05) is 25.3 Å². The number of aliphatic carboxylic acids is 1. The first-order valence-electron chi connectivity index (χ1n) is 5.46. The molecular weight excluding hydrogens is 232 g/mol. The van der Waals surface area contributed by atoms with Crippen LogP contribution in [0.15, 0.2) is 30.5 Å². The largest absolute Gasteiger partial charge is 0.480 e. The van der Waals surface area contributed by atoms with Gasteiger partial charge in [0.25, 0.3) is 0 Å². The topological polar surface area (TPSA) is 71.2 Å². The fourth-order valence-electron chi connectivity index (χ4n) is 1.58. The summed E-state index contributed by atoms with van der Waals surface area (Å²) in [7, 11) is 3.94. The van der Waals surface area contributed by atoms with Crippen molar-refractivity contribution in [3.8, 4) is 11.3 Å². The van der Waals surface area contributed by atoms with Crippen molar-refractivity contribution in [1.82, 2.24) is 15.0 Å². The van der Waals surface area contributed by atoms with Gasteiger partial charge in [-0.2, -0.15) is 0 Å². The van der Waals surface area contributed by atoms with Crippen LogP contribution in [0.4, 0.5) is 5.69 Å². The van der Waals surface area contributed by atoms with Crippen molar-refractivity contribution in [2.45, 2.75) is 6.54 Å². The third-order valence-corrected chi connectivity index (χ3v) is 2.52. The molecule has 0 aliphatic heterocycles. The summed E-state index contributed by atoms with van der Waals surface area (Å²) >= 11 is 0. The predicted molar refractivity (Wildman–Crippen MR) is 67.4 cm³/mol. The zero-order valence-corrected chi connectivity index (χ0v) is 10.2. The fourth-order valence-corrected chi connectivity index (χ4v) is 1.58. The first kappa shape index (κ1) is 12.1. The second-order valence-corrected chi connectivity index (χ2v) is 4.14.